The van der Waals surface area contributed by atoms with Crippen LogP contribution in [0.4, 0.5) is 70.2 Å². The summed E-state index contributed by atoms with van der Waals surface area (Å²) in [6.45, 7) is 1.41. The topological polar surface area (TPSA) is 102 Å². The number of benzene rings is 1. The first-order valence-electron chi connectivity index (χ1n) is 9.53. The minimum atomic E-state index is -7.92. The van der Waals surface area contributed by atoms with Crippen LogP contribution in [-0.2, 0) is 9.47 Å². The van der Waals surface area contributed by atoms with Crippen molar-refractivity contribution < 1.29 is 104 Å². The quantitative estimate of drug-likeness (QED) is 0.262. The number of aryl methyl sites for hydroxylation is 1. The summed E-state index contributed by atoms with van der Waals surface area (Å²) in [5, 5.41) is 18.2. The molecule has 0 aliphatic rings. The Kier molecular flexibility index (Phi) is 9.21. The van der Waals surface area contributed by atoms with Gasteiger partial charge < -0.3 is 14.9 Å². The van der Waals surface area contributed by atoms with Crippen molar-refractivity contribution in [2.24, 2.45) is 0 Å². The maximum Gasteiger partial charge on any atom is 0.462 e. The lowest BCUT2D eigenvalue weighted by Crippen LogP contribution is -2.66. The Morgan fingerprint density at radius 2 is 1.22 bits per heavy atom. The zero-order chi connectivity index (χ0) is 32.9. The molecule has 0 aliphatic carbocycles. The Labute approximate surface area is 214 Å². The Morgan fingerprint density at radius 1 is 0.756 bits per heavy atom. The lowest BCUT2D eigenvalue weighted by atomic mass is 9.97. The highest BCUT2D eigenvalue weighted by Crippen LogP contribution is 2.55. The SMILES string of the molecule is Cc1cc(C(=O)O)c(OC(F)(F)C(F)OC(F)(F)C(F)(OC(F)(F)C(F)(F)C(F)(F)F)C(F)(F)F)c(C)c1C(=O)O. The van der Waals surface area contributed by atoms with E-state index in [0.29, 0.717) is 13.0 Å². The molecule has 1 aromatic carbocycles. The van der Waals surface area contributed by atoms with E-state index in [1.165, 1.54) is 4.74 Å². The third-order valence-electron chi connectivity index (χ3n) is 4.64. The van der Waals surface area contributed by atoms with E-state index in [1.807, 2.05) is 0 Å². The first-order valence-corrected chi connectivity index (χ1v) is 9.53. The zero-order valence-corrected chi connectivity index (χ0v) is 19.1. The van der Waals surface area contributed by atoms with Gasteiger partial charge in [-0.05, 0) is 25.5 Å². The fourth-order valence-electron chi connectivity index (χ4n) is 2.73. The standard InChI is InChI=1S/C18H10F16O7/c1-4-3-6(9(35)36)8(5(2)7(4)10(37)38)39-12(20,21)11(19)40-18(33,34)14(24,16(28,29)30)41-17(31,32)13(22,23)15(25,26)27/h3,11H,1-2H3,(H,35,36)(H,37,38). The van der Waals surface area contributed by atoms with Crippen molar-refractivity contribution in [3.63, 3.8) is 0 Å². The molecular weight excluding hydrogens is 632 g/mol. The number of halogens is 16. The molecule has 1 aromatic rings. The lowest BCUT2D eigenvalue weighted by molar-refractivity contribution is -0.543. The Morgan fingerprint density at radius 3 is 1.59 bits per heavy atom. The molecule has 2 atom stereocenters. The van der Waals surface area contributed by atoms with Gasteiger partial charge in [0.15, 0.2) is 0 Å². The molecular formula is C18H10F16O7. The molecule has 2 N–H and O–H groups in total. The van der Waals surface area contributed by atoms with E-state index in [1.54, 1.807) is 0 Å². The summed E-state index contributed by atoms with van der Waals surface area (Å²) in [6.07, 6.45) is -42.7. The highest BCUT2D eigenvalue weighted by atomic mass is 19.4. The van der Waals surface area contributed by atoms with Crippen LogP contribution in [0, 0.1) is 13.8 Å². The highest BCUT2D eigenvalue weighted by Gasteiger charge is 2.84. The van der Waals surface area contributed by atoms with Crippen LogP contribution >= 0.6 is 0 Å². The van der Waals surface area contributed by atoms with Gasteiger partial charge in [-0.3, -0.25) is 9.47 Å². The minimum Gasteiger partial charge on any atom is -0.478 e. The highest BCUT2D eigenvalue weighted by molar-refractivity contribution is 5.97. The second kappa shape index (κ2) is 10.5. The van der Waals surface area contributed by atoms with E-state index < -0.39 is 88.8 Å². The van der Waals surface area contributed by atoms with Crippen molar-refractivity contribution in [1.82, 2.24) is 0 Å². The van der Waals surface area contributed by atoms with Crippen LogP contribution in [0.3, 0.4) is 0 Å². The number of carboxylic acids is 2. The first-order chi connectivity index (χ1) is 17.9. The summed E-state index contributed by atoms with van der Waals surface area (Å²) >= 11 is 0. The number of ether oxygens (including phenoxy) is 3. The number of aromatic carboxylic acids is 2. The number of hydrogen-bond donors (Lipinski definition) is 2. The Hall–Kier alpha value is -3.24. The van der Waals surface area contributed by atoms with Crippen molar-refractivity contribution in [2.45, 2.75) is 62.7 Å². The van der Waals surface area contributed by atoms with Crippen LogP contribution in [0.1, 0.15) is 31.8 Å². The Bertz CT molecular complexity index is 1180. The molecule has 0 bridgehead atoms. The molecule has 0 aliphatic heterocycles. The molecule has 236 valence electrons. The Balaban J connectivity index is 3.60. The molecule has 0 fully saturated rings. The van der Waals surface area contributed by atoms with Crippen LogP contribution in [-0.4, -0.2) is 71.0 Å². The van der Waals surface area contributed by atoms with E-state index in [2.05, 4.69) is 9.47 Å². The smallest absolute Gasteiger partial charge is 0.462 e. The fraction of sp³-hybridized carbons (Fsp3) is 0.556. The summed E-state index contributed by atoms with van der Waals surface area (Å²) in [5.74, 6) is -21.9. The van der Waals surface area contributed by atoms with Gasteiger partial charge in [0.2, 0.25) is 0 Å². The van der Waals surface area contributed by atoms with Gasteiger partial charge in [0.05, 0.1) is 5.56 Å². The third-order valence-corrected chi connectivity index (χ3v) is 4.64. The number of carboxylic acid groups (broad SMARTS) is 2. The maximum atomic E-state index is 14.2. The van der Waals surface area contributed by atoms with Crippen LogP contribution < -0.4 is 4.74 Å². The van der Waals surface area contributed by atoms with Crippen molar-refractivity contribution in [1.29, 1.82) is 0 Å². The van der Waals surface area contributed by atoms with E-state index >= 15 is 0 Å². The normalized spacial score (nSPS) is 16.2. The number of rotatable bonds is 11. The number of alkyl halides is 16. The van der Waals surface area contributed by atoms with Gasteiger partial charge >= 0.3 is 60.8 Å². The molecule has 41 heavy (non-hydrogen) atoms. The molecule has 0 saturated heterocycles. The molecule has 2 unspecified atom stereocenters. The van der Waals surface area contributed by atoms with Crippen molar-refractivity contribution in [3.05, 3.63) is 28.3 Å². The van der Waals surface area contributed by atoms with E-state index in [0.717, 1.165) is 6.92 Å². The van der Waals surface area contributed by atoms with E-state index in [4.69, 9.17) is 10.2 Å². The van der Waals surface area contributed by atoms with Crippen LogP contribution in [0.15, 0.2) is 6.07 Å². The predicted molar refractivity (Wildman–Crippen MR) is 93.3 cm³/mol. The molecule has 23 heteroatoms. The second-order valence-corrected chi connectivity index (χ2v) is 7.58. The van der Waals surface area contributed by atoms with Crippen molar-refractivity contribution >= 4 is 11.9 Å². The van der Waals surface area contributed by atoms with Gasteiger partial charge in [0.25, 0.3) is 0 Å². The molecule has 0 heterocycles. The van der Waals surface area contributed by atoms with Gasteiger partial charge in [-0.2, -0.15) is 65.9 Å². The van der Waals surface area contributed by atoms with Crippen molar-refractivity contribution in [2.75, 3.05) is 0 Å². The van der Waals surface area contributed by atoms with Crippen LogP contribution in [0.5, 0.6) is 5.75 Å². The monoisotopic (exact) mass is 642 g/mol. The minimum absolute atomic E-state index is 0.292. The maximum absolute atomic E-state index is 14.2. The third kappa shape index (κ3) is 6.48. The first kappa shape index (κ1) is 35.8. The van der Waals surface area contributed by atoms with Gasteiger partial charge in [-0.25, -0.2) is 14.0 Å². The summed E-state index contributed by atoms with van der Waals surface area (Å²) in [5.41, 5.74) is -4.08. The predicted octanol–water partition coefficient (Wildman–Crippen LogP) is 6.61. The van der Waals surface area contributed by atoms with E-state index in [-0.39, 0.29) is 0 Å². The second-order valence-electron chi connectivity index (χ2n) is 7.58. The van der Waals surface area contributed by atoms with Crippen LogP contribution in [0.25, 0.3) is 0 Å². The number of carbonyl (C=O) groups is 2. The molecule has 0 amide bonds. The van der Waals surface area contributed by atoms with Gasteiger partial charge in [0.1, 0.15) is 11.3 Å². The lowest BCUT2D eigenvalue weighted by Gasteiger charge is -2.38. The molecule has 0 aromatic heterocycles. The fourth-order valence-corrected chi connectivity index (χ4v) is 2.73. The summed E-state index contributed by atoms with van der Waals surface area (Å²) in [6, 6.07) is 0.292. The summed E-state index contributed by atoms with van der Waals surface area (Å²) < 4.78 is 218. The number of hydrogen-bond acceptors (Lipinski definition) is 5. The average Bonchev–Trinajstić information content (AvgIpc) is 2.72. The molecule has 7 nitrogen and oxygen atoms in total. The molecule has 0 spiro atoms. The molecule has 1 rings (SSSR count). The van der Waals surface area contributed by atoms with E-state index in [9.17, 15) is 79.8 Å². The van der Waals surface area contributed by atoms with Crippen LogP contribution in [0.2, 0.25) is 0 Å². The largest absolute Gasteiger partial charge is 0.478 e. The van der Waals surface area contributed by atoms with Crippen molar-refractivity contribution in [3.8, 4) is 5.75 Å². The average molecular weight is 642 g/mol. The molecule has 0 radical (unpaired) electrons. The molecule has 0 saturated carbocycles. The zero-order valence-electron chi connectivity index (χ0n) is 19.1. The van der Waals surface area contributed by atoms with Gasteiger partial charge in [-0.1, -0.05) is 0 Å². The van der Waals surface area contributed by atoms with Gasteiger partial charge in [-0.15, -0.1) is 0 Å². The summed E-state index contributed by atoms with van der Waals surface area (Å²) in [4.78, 5) is 22.6. The van der Waals surface area contributed by atoms with Gasteiger partial charge in [0, 0.05) is 5.56 Å². The summed E-state index contributed by atoms with van der Waals surface area (Å²) in [7, 11) is 0.